The Hall–Kier alpha value is -3.50. The van der Waals surface area contributed by atoms with Crippen LogP contribution in [-0.2, 0) is 21.6 Å². The van der Waals surface area contributed by atoms with Crippen LogP contribution in [0.15, 0.2) is 66.9 Å². The van der Waals surface area contributed by atoms with Crippen molar-refractivity contribution in [2.45, 2.75) is 18.1 Å². The molecule has 2 aliphatic heterocycles. The molecule has 3 aromatic rings. The first-order valence-corrected chi connectivity index (χ1v) is 12.7. The number of hydrogen-bond acceptors (Lipinski definition) is 6. The van der Waals surface area contributed by atoms with E-state index in [2.05, 4.69) is 10.3 Å². The molecule has 38 heavy (non-hydrogen) atoms. The number of aromatic nitrogens is 1. The zero-order chi connectivity index (χ0) is 26.9. The Morgan fingerprint density at radius 3 is 2.50 bits per heavy atom. The van der Waals surface area contributed by atoms with Crippen LogP contribution in [0.25, 0.3) is 0 Å². The summed E-state index contributed by atoms with van der Waals surface area (Å²) in [6.45, 7) is 0.0792. The number of fused-ring (bicyclic) bond motifs is 1. The van der Waals surface area contributed by atoms with E-state index in [1.165, 1.54) is 16.2 Å². The minimum absolute atomic E-state index is 0.167. The number of pyridine rings is 1. The van der Waals surface area contributed by atoms with Gasteiger partial charge in [0.15, 0.2) is 5.78 Å². The molecule has 0 aliphatic carbocycles. The molecule has 1 unspecified atom stereocenters. The van der Waals surface area contributed by atoms with E-state index >= 15 is 0 Å². The van der Waals surface area contributed by atoms with Gasteiger partial charge in [-0.15, -0.1) is 0 Å². The highest BCUT2D eigenvalue weighted by atomic mass is 35.5. The second kappa shape index (κ2) is 10.7. The number of β-amino-alcohol motifs (C(OH)–C–C–N with tert-alkyl or cyclic N) is 1. The number of Topliss-reactive ketones (excluding diaryl/α,β-unsaturated/α-hetero) is 1. The molecule has 1 fully saturated rings. The topological polar surface area (TPSA) is 112 Å². The quantitative estimate of drug-likeness (QED) is 0.420. The number of carbonyl (C=O) groups excluding carboxylic acids is 3. The summed E-state index contributed by atoms with van der Waals surface area (Å²) in [7, 11) is 0. The molecule has 3 amide bonds. The highest BCUT2D eigenvalue weighted by Crippen LogP contribution is 2.46. The number of aliphatic hydroxyl groups excluding tert-OH is 1. The van der Waals surface area contributed by atoms with Crippen LogP contribution < -0.4 is 5.32 Å². The van der Waals surface area contributed by atoms with Crippen LogP contribution >= 0.6 is 23.2 Å². The van der Waals surface area contributed by atoms with Crippen molar-refractivity contribution in [3.8, 4) is 0 Å². The Morgan fingerprint density at radius 2 is 1.82 bits per heavy atom. The molecule has 5 rings (SSSR count). The first-order chi connectivity index (χ1) is 18.3. The van der Waals surface area contributed by atoms with Crippen molar-refractivity contribution in [3.63, 3.8) is 0 Å². The SMILES string of the molecule is O=C(CON1C(=O)c2ccccc2[C@@]1(Cc1ccc(Cl)cn1)c1ccc(Cl)cc1)C(O)CN1CCNC1=O. The molecule has 0 bridgehead atoms. The van der Waals surface area contributed by atoms with Gasteiger partial charge in [0.1, 0.15) is 18.2 Å². The number of nitrogens with one attached hydrogen (secondary N) is 1. The van der Waals surface area contributed by atoms with Gasteiger partial charge in [0.25, 0.3) is 5.91 Å². The number of aliphatic hydroxyl groups is 1. The van der Waals surface area contributed by atoms with Crippen LogP contribution in [0.1, 0.15) is 27.2 Å². The van der Waals surface area contributed by atoms with E-state index in [1.807, 2.05) is 12.1 Å². The Balaban J connectivity index is 1.50. The molecule has 2 aliphatic rings. The van der Waals surface area contributed by atoms with E-state index in [-0.39, 0.29) is 19.0 Å². The van der Waals surface area contributed by atoms with Crippen molar-refractivity contribution < 1.29 is 24.3 Å². The van der Waals surface area contributed by atoms with Crippen molar-refractivity contribution >= 4 is 40.9 Å². The lowest BCUT2D eigenvalue weighted by Crippen LogP contribution is -2.48. The molecule has 2 atom stereocenters. The normalized spacial score (nSPS) is 19.4. The Morgan fingerprint density at radius 1 is 1.08 bits per heavy atom. The van der Waals surface area contributed by atoms with Crippen molar-refractivity contribution in [3.05, 3.63) is 99.3 Å². The van der Waals surface area contributed by atoms with Crippen LogP contribution in [0.2, 0.25) is 10.0 Å². The summed E-state index contributed by atoms with van der Waals surface area (Å²) in [5, 5.41) is 15.2. The van der Waals surface area contributed by atoms with E-state index in [0.717, 1.165) is 0 Å². The van der Waals surface area contributed by atoms with Crippen molar-refractivity contribution in [1.82, 2.24) is 20.3 Å². The molecule has 1 aromatic heterocycles. The summed E-state index contributed by atoms with van der Waals surface area (Å²) >= 11 is 12.2. The first-order valence-electron chi connectivity index (χ1n) is 12.0. The van der Waals surface area contributed by atoms with Gasteiger partial charge < -0.3 is 15.3 Å². The van der Waals surface area contributed by atoms with Gasteiger partial charge in [0.05, 0.1) is 11.6 Å². The Bertz CT molecular complexity index is 1370. The van der Waals surface area contributed by atoms with Gasteiger partial charge in [-0.1, -0.05) is 53.5 Å². The van der Waals surface area contributed by atoms with E-state index in [1.54, 1.807) is 48.5 Å². The fourth-order valence-corrected chi connectivity index (χ4v) is 5.09. The van der Waals surface area contributed by atoms with Gasteiger partial charge in [-0.3, -0.25) is 19.4 Å². The number of amides is 3. The number of nitrogens with zero attached hydrogens (tertiary/aromatic N) is 3. The van der Waals surface area contributed by atoms with Gasteiger partial charge in [-0.25, -0.2) is 9.86 Å². The maximum atomic E-state index is 13.7. The number of halogens is 2. The third kappa shape index (κ3) is 4.86. The summed E-state index contributed by atoms with van der Waals surface area (Å²) in [6, 6.07) is 17.3. The minimum atomic E-state index is -1.47. The summed E-state index contributed by atoms with van der Waals surface area (Å²) in [5.74, 6) is -1.10. The highest BCUT2D eigenvalue weighted by molar-refractivity contribution is 6.30. The fourth-order valence-electron chi connectivity index (χ4n) is 4.85. The highest BCUT2D eigenvalue weighted by Gasteiger charge is 2.52. The third-order valence-corrected chi connectivity index (χ3v) is 7.20. The predicted octanol–water partition coefficient (Wildman–Crippen LogP) is 3.22. The lowest BCUT2D eigenvalue weighted by Gasteiger charge is -2.38. The predicted molar refractivity (Wildman–Crippen MR) is 140 cm³/mol. The van der Waals surface area contributed by atoms with Gasteiger partial charge in [-0.05, 0) is 41.5 Å². The fraction of sp³-hybridized carbons (Fsp3) is 0.259. The molecule has 11 heteroatoms. The molecule has 9 nitrogen and oxygen atoms in total. The number of carbonyl (C=O) groups is 3. The van der Waals surface area contributed by atoms with Gasteiger partial charge in [0.2, 0.25) is 0 Å². The van der Waals surface area contributed by atoms with E-state index < -0.39 is 29.9 Å². The number of hydroxylamine groups is 2. The minimum Gasteiger partial charge on any atom is -0.383 e. The van der Waals surface area contributed by atoms with E-state index in [9.17, 15) is 19.5 Å². The largest absolute Gasteiger partial charge is 0.383 e. The van der Waals surface area contributed by atoms with Crippen LogP contribution in [-0.4, -0.2) is 70.1 Å². The molecule has 0 spiro atoms. The standard InChI is InChI=1S/C27H24Cl2N4O5/c28-18-7-5-17(6-8-18)27(13-20-10-9-19(29)14-31-20)22-4-2-1-3-21(22)25(36)33(27)38-16-24(35)23(34)15-32-12-11-30-26(32)37/h1-10,14,23,34H,11-13,15-16H2,(H,30,37)/t23?,27-/m1/s1. The maximum absolute atomic E-state index is 13.7. The molecular formula is C27H24Cl2N4O5. The smallest absolute Gasteiger partial charge is 0.317 e. The molecule has 1 saturated heterocycles. The molecule has 3 heterocycles. The van der Waals surface area contributed by atoms with E-state index in [4.69, 9.17) is 28.0 Å². The molecule has 2 aromatic carbocycles. The van der Waals surface area contributed by atoms with Gasteiger partial charge >= 0.3 is 6.03 Å². The van der Waals surface area contributed by atoms with Gasteiger partial charge in [-0.2, -0.15) is 0 Å². The summed E-state index contributed by atoms with van der Waals surface area (Å²) in [6.07, 6.45) is 0.260. The summed E-state index contributed by atoms with van der Waals surface area (Å²) in [4.78, 5) is 50.1. The third-order valence-electron chi connectivity index (χ3n) is 6.73. The molecule has 0 saturated carbocycles. The van der Waals surface area contributed by atoms with Crippen molar-refractivity contribution in [2.75, 3.05) is 26.2 Å². The second-order valence-corrected chi connectivity index (χ2v) is 9.96. The number of rotatable bonds is 9. The average Bonchev–Trinajstić information content (AvgIpc) is 3.43. The number of benzene rings is 2. The van der Waals surface area contributed by atoms with E-state index in [0.29, 0.717) is 45.5 Å². The molecule has 0 radical (unpaired) electrons. The lowest BCUT2D eigenvalue weighted by atomic mass is 9.79. The van der Waals surface area contributed by atoms with Crippen molar-refractivity contribution in [2.24, 2.45) is 0 Å². The first kappa shape index (κ1) is 26.1. The van der Waals surface area contributed by atoms with Crippen molar-refractivity contribution in [1.29, 1.82) is 0 Å². The zero-order valence-electron chi connectivity index (χ0n) is 20.1. The molecule has 196 valence electrons. The Labute approximate surface area is 228 Å². The lowest BCUT2D eigenvalue weighted by molar-refractivity contribution is -0.180. The monoisotopic (exact) mass is 554 g/mol. The van der Waals surface area contributed by atoms with Gasteiger partial charge in [0, 0.05) is 42.0 Å². The second-order valence-electron chi connectivity index (χ2n) is 9.09. The van der Waals surface area contributed by atoms with Crippen LogP contribution in [0.5, 0.6) is 0 Å². The molecule has 2 N–H and O–H groups in total. The number of hydrogen-bond donors (Lipinski definition) is 2. The maximum Gasteiger partial charge on any atom is 0.317 e. The Kier molecular flexibility index (Phi) is 7.36. The summed E-state index contributed by atoms with van der Waals surface area (Å²) < 4.78 is 0. The van der Waals surface area contributed by atoms with Crippen LogP contribution in [0, 0.1) is 0 Å². The zero-order valence-corrected chi connectivity index (χ0v) is 21.7. The summed E-state index contributed by atoms with van der Waals surface area (Å²) in [5.41, 5.74) is 1.22. The van der Waals surface area contributed by atoms with Crippen LogP contribution in [0.3, 0.4) is 0 Å². The van der Waals surface area contributed by atoms with Crippen LogP contribution in [0.4, 0.5) is 4.79 Å². The molecular weight excluding hydrogens is 531 g/mol. The number of ketones is 1. The number of urea groups is 1. The average molecular weight is 555 g/mol.